The van der Waals surface area contributed by atoms with Crippen LogP contribution >= 0.6 is 15.6 Å². The van der Waals surface area contributed by atoms with Gasteiger partial charge in [-0.1, -0.05) is 441 Å². The molecular weight excluding hydrogens is 1450 g/mol. The third-order valence-corrected chi connectivity index (χ3v) is 24.4. The number of hydrogen-bond donors (Lipinski definition) is 3. The molecule has 17 nitrogen and oxygen atoms in total. The van der Waals surface area contributed by atoms with Crippen LogP contribution in [0.25, 0.3) is 0 Å². The highest BCUT2D eigenvalue weighted by molar-refractivity contribution is 7.47. The van der Waals surface area contributed by atoms with E-state index in [0.717, 1.165) is 114 Å². The molecule has 0 spiro atoms. The smallest absolute Gasteiger partial charge is 0.462 e. The van der Waals surface area contributed by atoms with E-state index in [4.69, 9.17) is 37.0 Å². The van der Waals surface area contributed by atoms with Gasteiger partial charge in [0.05, 0.1) is 26.4 Å². The minimum absolute atomic E-state index is 0.107. The number of aliphatic hydroxyl groups excluding tert-OH is 1. The second-order valence-corrected chi connectivity index (χ2v) is 37.7. The number of aliphatic hydroxyl groups is 1. The summed E-state index contributed by atoms with van der Waals surface area (Å²) in [6.45, 7) is 14.5. The SMILES string of the molecule is CCC(C)CCCCCCCCCCCCCCCCCCCCC(=O)O[C@H](COC(=O)CCCCCCCCCCCCCCCCCCCCC(C)C)COP(=O)(O)OC[C@@H](O)COP(=O)(O)OC[C@@H](COC(=O)CCCCCCCCCCC(C)C)OC(=O)CCCCCCCCCCCCCCCCC(C)CC. The normalized spacial score (nSPS) is 14.3. The standard InChI is InChI=1S/C93H182O17P2/c1-9-85(7)71-63-55-47-38-32-26-20-16-12-14-18-22-29-35-41-51-59-67-75-92(97)109-88(79-103-90(95)73-65-57-49-40-34-28-21-17-13-11-15-19-25-31-37-45-53-61-69-83(3)4)81-107-111(99,100)105-77-87(94)78-106-112(101,102)108-82-89(80-104-91(96)74-66-58-50-44-43-46-54-62-70-84(5)6)110-93(98)76-68-60-52-42-36-30-24-23-27-33-39-48-56-64-72-86(8)10-2/h83-89,94H,9-82H2,1-8H3,(H,99,100)(H,101,102)/t85?,86?,87-,88-,89-/m1/s1. The van der Waals surface area contributed by atoms with E-state index in [0.29, 0.717) is 25.7 Å². The van der Waals surface area contributed by atoms with Gasteiger partial charge < -0.3 is 33.8 Å². The molecule has 3 N–H and O–H groups in total. The number of esters is 4. The summed E-state index contributed by atoms with van der Waals surface area (Å²) in [6, 6.07) is 0. The number of hydrogen-bond acceptors (Lipinski definition) is 15. The van der Waals surface area contributed by atoms with Gasteiger partial charge in [0.25, 0.3) is 0 Å². The van der Waals surface area contributed by atoms with Crippen LogP contribution in [-0.4, -0.2) is 96.7 Å². The van der Waals surface area contributed by atoms with Gasteiger partial charge in [0.1, 0.15) is 19.3 Å². The van der Waals surface area contributed by atoms with Crippen LogP contribution in [0.3, 0.4) is 0 Å². The first-order chi connectivity index (χ1) is 54.2. The maximum atomic E-state index is 13.2. The van der Waals surface area contributed by atoms with Crippen molar-refractivity contribution in [3.05, 3.63) is 0 Å². The quantitative estimate of drug-likeness (QED) is 0.0222. The van der Waals surface area contributed by atoms with Gasteiger partial charge in [-0.2, -0.15) is 0 Å². The molecule has 0 amide bonds. The molecule has 0 aromatic rings. The third kappa shape index (κ3) is 83.1. The van der Waals surface area contributed by atoms with Crippen LogP contribution < -0.4 is 0 Å². The predicted octanol–water partition coefficient (Wildman–Crippen LogP) is 28.7. The molecular formula is C93H182O17P2. The van der Waals surface area contributed by atoms with Crippen molar-refractivity contribution in [2.45, 2.75) is 510 Å². The van der Waals surface area contributed by atoms with E-state index in [1.807, 2.05) is 0 Å². The fourth-order valence-electron chi connectivity index (χ4n) is 14.5. The summed E-state index contributed by atoms with van der Waals surface area (Å²) in [6.07, 6.45) is 73.6. The Labute approximate surface area is 689 Å². The van der Waals surface area contributed by atoms with Gasteiger partial charge >= 0.3 is 39.5 Å². The van der Waals surface area contributed by atoms with Gasteiger partial charge in [-0.3, -0.25) is 37.3 Å². The average Bonchev–Trinajstić information content (AvgIpc) is 0.897. The van der Waals surface area contributed by atoms with Crippen molar-refractivity contribution in [1.82, 2.24) is 0 Å². The van der Waals surface area contributed by atoms with Gasteiger partial charge in [-0.05, 0) is 49.4 Å². The van der Waals surface area contributed by atoms with Crippen molar-refractivity contribution in [3.8, 4) is 0 Å². The first-order valence-corrected chi connectivity index (χ1v) is 50.8. The van der Waals surface area contributed by atoms with Crippen molar-refractivity contribution in [1.29, 1.82) is 0 Å². The summed E-state index contributed by atoms with van der Waals surface area (Å²) in [5.74, 6) is 1.17. The molecule has 4 unspecified atom stereocenters. The number of rotatable bonds is 90. The highest BCUT2D eigenvalue weighted by atomic mass is 31.2. The molecule has 0 aliphatic heterocycles. The minimum atomic E-state index is -4.97. The Hall–Kier alpha value is -1.94. The summed E-state index contributed by atoms with van der Waals surface area (Å²) in [4.78, 5) is 73.5. The second-order valence-electron chi connectivity index (χ2n) is 34.8. The number of ether oxygens (including phenoxy) is 4. The predicted molar refractivity (Wildman–Crippen MR) is 464 cm³/mol. The summed E-state index contributed by atoms with van der Waals surface area (Å²) in [7, 11) is -9.94. The van der Waals surface area contributed by atoms with Crippen LogP contribution in [0.4, 0.5) is 0 Å². The molecule has 0 aromatic carbocycles. The Bertz CT molecular complexity index is 2170. The van der Waals surface area contributed by atoms with E-state index in [2.05, 4.69) is 55.4 Å². The Balaban J connectivity index is 5.24. The molecule has 0 aliphatic rings. The van der Waals surface area contributed by atoms with Crippen molar-refractivity contribution < 1.29 is 80.2 Å². The van der Waals surface area contributed by atoms with E-state index in [-0.39, 0.29) is 25.7 Å². The fourth-order valence-corrected chi connectivity index (χ4v) is 16.1. The largest absolute Gasteiger partial charge is 0.472 e. The molecule has 0 aromatic heterocycles. The summed E-state index contributed by atoms with van der Waals surface area (Å²) >= 11 is 0. The molecule has 19 heteroatoms. The molecule has 0 heterocycles. The minimum Gasteiger partial charge on any atom is -0.462 e. The zero-order valence-electron chi connectivity index (χ0n) is 74.3. The van der Waals surface area contributed by atoms with Crippen LogP contribution in [-0.2, 0) is 65.4 Å². The molecule has 0 saturated carbocycles. The lowest BCUT2D eigenvalue weighted by atomic mass is 9.99. The molecule has 0 radical (unpaired) electrons. The van der Waals surface area contributed by atoms with Crippen LogP contribution in [0.2, 0.25) is 0 Å². The zero-order chi connectivity index (χ0) is 82.3. The van der Waals surface area contributed by atoms with Crippen LogP contribution in [0.5, 0.6) is 0 Å². The molecule has 0 fully saturated rings. The maximum absolute atomic E-state index is 13.2. The lowest BCUT2D eigenvalue weighted by Gasteiger charge is -2.21. The summed E-state index contributed by atoms with van der Waals surface area (Å²) < 4.78 is 69.1. The Kier molecular flexibility index (Phi) is 80.0. The fraction of sp³-hybridized carbons (Fsp3) is 0.957. The molecule has 0 bridgehead atoms. The monoisotopic (exact) mass is 1630 g/mol. The van der Waals surface area contributed by atoms with Crippen LogP contribution in [0.15, 0.2) is 0 Å². The first-order valence-electron chi connectivity index (χ1n) is 47.8. The molecule has 666 valence electrons. The topological polar surface area (TPSA) is 237 Å². The Morgan fingerprint density at radius 3 is 0.634 bits per heavy atom. The van der Waals surface area contributed by atoms with Crippen molar-refractivity contribution in [2.75, 3.05) is 39.6 Å². The number of carbonyl (C=O) groups excluding carboxylic acids is 4. The van der Waals surface area contributed by atoms with Crippen molar-refractivity contribution in [2.24, 2.45) is 23.7 Å². The number of carbonyl (C=O) groups is 4. The second kappa shape index (κ2) is 81.4. The van der Waals surface area contributed by atoms with Gasteiger partial charge in [0.2, 0.25) is 0 Å². The Morgan fingerprint density at radius 2 is 0.429 bits per heavy atom. The third-order valence-electron chi connectivity index (χ3n) is 22.5. The van der Waals surface area contributed by atoms with Gasteiger partial charge in [0.15, 0.2) is 12.2 Å². The molecule has 112 heavy (non-hydrogen) atoms. The summed E-state index contributed by atoms with van der Waals surface area (Å²) in [5, 5.41) is 10.7. The van der Waals surface area contributed by atoms with Gasteiger partial charge in [0, 0.05) is 25.7 Å². The number of phosphoric acid groups is 2. The lowest BCUT2D eigenvalue weighted by molar-refractivity contribution is -0.161. The lowest BCUT2D eigenvalue weighted by Crippen LogP contribution is -2.30. The highest BCUT2D eigenvalue weighted by Crippen LogP contribution is 2.45. The molecule has 7 atom stereocenters. The Morgan fingerprint density at radius 1 is 0.250 bits per heavy atom. The molecule has 0 saturated heterocycles. The van der Waals surface area contributed by atoms with Gasteiger partial charge in [-0.15, -0.1) is 0 Å². The van der Waals surface area contributed by atoms with Crippen LogP contribution in [0, 0.1) is 23.7 Å². The molecule has 0 aliphatic carbocycles. The first kappa shape index (κ1) is 110. The zero-order valence-corrected chi connectivity index (χ0v) is 76.1. The van der Waals surface area contributed by atoms with Crippen LogP contribution in [0.1, 0.15) is 492 Å². The van der Waals surface area contributed by atoms with E-state index in [1.54, 1.807) is 0 Å². The van der Waals surface area contributed by atoms with E-state index >= 15 is 0 Å². The van der Waals surface area contributed by atoms with Crippen molar-refractivity contribution >= 4 is 39.5 Å². The highest BCUT2D eigenvalue weighted by Gasteiger charge is 2.31. The van der Waals surface area contributed by atoms with Crippen molar-refractivity contribution in [3.63, 3.8) is 0 Å². The average molecular weight is 1630 g/mol. The number of unbranched alkanes of at least 4 members (excludes halogenated alkanes) is 54. The number of phosphoric ester groups is 2. The molecule has 0 rings (SSSR count). The van der Waals surface area contributed by atoms with Gasteiger partial charge in [-0.25, -0.2) is 9.13 Å². The van der Waals surface area contributed by atoms with E-state index < -0.39 is 97.5 Å². The summed E-state index contributed by atoms with van der Waals surface area (Å²) in [5.41, 5.74) is 0. The maximum Gasteiger partial charge on any atom is 0.472 e. The van der Waals surface area contributed by atoms with E-state index in [1.165, 1.54) is 295 Å². The van der Waals surface area contributed by atoms with E-state index in [9.17, 15) is 43.2 Å².